The molecule has 1 amide bonds. The summed E-state index contributed by atoms with van der Waals surface area (Å²) in [4.78, 5) is 12.3. The molecular weight excluding hydrogens is 438 g/mol. The van der Waals surface area contributed by atoms with E-state index in [0.717, 1.165) is 4.47 Å². The van der Waals surface area contributed by atoms with Crippen LogP contribution in [0.15, 0.2) is 57.9 Å². The van der Waals surface area contributed by atoms with E-state index in [4.69, 9.17) is 12.2 Å². The Morgan fingerprint density at radius 3 is 2.46 bits per heavy atom. The molecule has 0 aliphatic rings. The van der Waals surface area contributed by atoms with Gasteiger partial charge < -0.3 is 5.32 Å². The Balaban J connectivity index is 1.98. The third-order valence-corrected chi connectivity index (χ3v) is 5.45. The number of halogens is 1. The van der Waals surface area contributed by atoms with Crippen LogP contribution in [0.4, 0.5) is 5.69 Å². The number of anilines is 1. The SMILES string of the molecule is CCCNS(=O)(=O)c1ccc(NC(=S)NC(=O)c2cccc(Br)c2)cc1. The first-order valence-electron chi connectivity index (χ1n) is 7.79. The van der Waals surface area contributed by atoms with Gasteiger partial charge in [-0.3, -0.25) is 10.1 Å². The van der Waals surface area contributed by atoms with Crippen molar-refractivity contribution in [3.8, 4) is 0 Å². The summed E-state index contributed by atoms with van der Waals surface area (Å²) in [7, 11) is -3.51. The lowest BCUT2D eigenvalue weighted by Crippen LogP contribution is -2.34. The molecule has 0 aliphatic heterocycles. The zero-order valence-electron chi connectivity index (χ0n) is 14.0. The molecule has 3 N–H and O–H groups in total. The van der Waals surface area contributed by atoms with Crippen molar-refractivity contribution in [1.82, 2.24) is 10.0 Å². The van der Waals surface area contributed by atoms with Gasteiger partial charge in [-0.25, -0.2) is 13.1 Å². The zero-order chi connectivity index (χ0) is 19.2. The maximum Gasteiger partial charge on any atom is 0.257 e. The largest absolute Gasteiger partial charge is 0.332 e. The van der Waals surface area contributed by atoms with Gasteiger partial charge in [-0.15, -0.1) is 0 Å². The lowest BCUT2D eigenvalue weighted by Gasteiger charge is -2.11. The molecular formula is C17H18BrN3O3S2. The summed E-state index contributed by atoms with van der Waals surface area (Å²) in [6.07, 6.45) is 0.713. The number of carbonyl (C=O) groups is 1. The van der Waals surface area contributed by atoms with E-state index in [1.807, 2.05) is 13.0 Å². The van der Waals surface area contributed by atoms with Crippen LogP contribution in [-0.2, 0) is 10.0 Å². The van der Waals surface area contributed by atoms with Gasteiger partial charge in [0.05, 0.1) is 4.90 Å². The summed E-state index contributed by atoms with van der Waals surface area (Å²) in [6, 6.07) is 13.0. The van der Waals surface area contributed by atoms with Crippen molar-refractivity contribution in [2.45, 2.75) is 18.2 Å². The van der Waals surface area contributed by atoms with Crippen molar-refractivity contribution in [2.75, 3.05) is 11.9 Å². The Labute approximate surface area is 166 Å². The standard InChI is InChI=1S/C17H18BrN3O3S2/c1-2-10-19-26(23,24)15-8-6-14(7-9-15)20-17(25)21-16(22)12-4-3-5-13(18)11-12/h3-9,11,19H,2,10H2,1H3,(H2,20,21,22,25). The van der Waals surface area contributed by atoms with Crippen LogP contribution in [0.5, 0.6) is 0 Å². The number of thiocarbonyl (C=S) groups is 1. The minimum absolute atomic E-state index is 0.120. The number of amides is 1. The van der Waals surface area contributed by atoms with Gasteiger partial charge >= 0.3 is 0 Å². The van der Waals surface area contributed by atoms with E-state index in [2.05, 4.69) is 31.3 Å². The van der Waals surface area contributed by atoms with Crippen LogP contribution >= 0.6 is 28.1 Å². The van der Waals surface area contributed by atoms with E-state index < -0.39 is 10.0 Å². The topological polar surface area (TPSA) is 87.3 Å². The van der Waals surface area contributed by atoms with Gasteiger partial charge in [-0.2, -0.15) is 0 Å². The van der Waals surface area contributed by atoms with Crippen molar-refractivity contribution in [3.63, 3.8) is 0 Å². The van der Waals surface area contributed by atoms with Crippen LogP contribution in [0, 0.1) is 0 Å². The van der Waals surface area contributed by atoms with Crippen molar-refractivity contribution in [3.05, 3.63) is 58.6 Å². The Kier molecular flexibility index (Phi) is 7.27. The summed E-state index contributed by atoms with van der Waals surface area (Å²) < 4.78 is 27.4. The summed E-state index contributed by atoms with van der Waals surface area (Å²) >= 11 is 8.43. The van der Waals surface area contributed by atoms with Crippen molar-refractivity contribution in [1.29, 1.82) is 0 Å². The Hall–Kier alpha value is -1.81. The third-order valence-electron chi connectivity index (χ3n) is 3.28. The lowest BCUT2D eigenvalue weighted by atomic mass is 10.2. The second-order valence-electron chi connectivity index (χ2n) is 5.34. The third kappa shape index (κ3) is 5.87. The average Bonchev–Trinajstić information content (AvgIpc) is 2.60. The molecule has 0 heterocycles. The van der Waals surface area contributed by atoms with Crippen LogP contribution in [0.25, 0.3) is 0 Å². The van der Waals surface area contributed by atoms with Crippen LogP contribution < -0.4 is 15.4 Å². The number of hydrogen-bond donors (Lipinski definition) is 3. The molecule has 0 fully saturated rings. The Morgan fingerprint density at radius 2 is 1.85 bits per heavy atom. The molecule has 0 unspecified atom stereocenters. The van der Waals surface area contributed by atoms with Gasteiger partial charge in [0.15, 0.2) is 5.11 Å². The summed E-state index contributed by atoms with van der Waals surface area (Å²) in [5.74, 6) is -0.341. The van der Waals surface area contributed by atoms with E-state index >= 15 is 0 Å². The molecule has 26 heavy (non-hydrogen) atoms. The van der Waals surface area contributed by atoms with Crippen molar-refractivity contribution >= 4 is 54.9 Å². The molecule has 0 saturated carbocycles. The number of carbonyl (C=O) groups excluding carboxylic acids is 1. The van der Waals surface area contributed by atoms with Gasteiger partial charge in [-0.1, -0.05) is 28.9 Å². The van der Waals surface area contributed by atoms with Gasteiger partial charge in [0.25, 0.3) is 5.91 Å². The van der Waals surface area contributed by atoms with Gasteiger partial charge in [-0.05, 0) is 61.1 Å². The summed E-state index contributed by atoms with van der Waals surface area (Å²) in [5.41, 5.74) is 1.03. The van der Waals surface area contributed by atoms with E-state index in [9.17, 15) is 13.2 Å². The minimum Gasteiger partial charge on any atom is -0.332 e. The average molecular weight is 456 g/mol. The predicted molar refractivity (Wildman–Crippen MR) is 110 cm³/mol. The highest BCUT2D eigenvalue weighted by molar-refractivity contribution is 9.10. The van der Waals surface area contributed by atoms with E-state index in [1.165, 1.54) is 12.1 Å². The van der Waals surface area contributed by atoms with Gasteiger partial charge in [0.2, 0.25) is 10.0 Å². The first kappa shape index (κ1) is 20.5. The number of sulfonamides is 1. The fourth-order valence-corrected chi connectivity index (χ4v) is 3.75. The maximum absolute atomic E-state index is 12.1. The van der Waals surface area contributed by atoms with Crippen molar-refractivity contribution in [2.24, 2.45) is 0 Å². The number of benzene rings is 2. The second kappa shape index (κ2) is 9.22. The van der Waals surface area contributed by atoms with E-state index in [0.29, 0.717) is 24.2 Å². The molecule has 9 heteroatoms. The van der Waals surface area contributed by atoms with Crippen LogP contribution in [0.1, 0.15) is 23.7 Å². The van der Waals surface area contributed by atoms with Crippen LogP contribution in [0.2, 0.25) is 0 Å². The Morgan fingerprint density at radius 1 is 1.15 bits per heavy atom. The molecule has 0 aliphatic carbocycles. The quantitative estimate of drug-likeness (QED) is 0.581. The number of nitrogens with one attached hydrogen (secondary N) is 3. The molecule has 2 aromatic carbocycles. The van der Waals surface area contributed by atoms with Gasteiger partial charge in [0, 0.05) is 22.3 Å². The monoisotopic (exact) mass is 455 g/mol. The molecule has 0 saturated heterocycles. The smallest absolute Gasteiger partial charge is 0.257 e. The normalized spacial score (nSPS) is 11.0. The summed E-state index contributed by atoms with van der Waals surface area (Å²) in [6.45, 7) is 2.27. The predicted octanol–water partition coefficient (Wildman–Crippen LogP) is 3.26. The highest BCUT2D eigenvalue weighted by Gasteiger charge is 2.13. The molecule has 0 spiro atoms. The molecule has 2 rings (SSSR count). The summed E-state index contributed by atoms with van der Waals surface area (Å²) in [5, 5.41) is 5.55. The molecule has 2 aromatic rings. The van der Waals surface area contributed by atoms with E-state index in [1.54, 1.807) is 30.3 Å². The molecule has 0 aromatic heterocycles. The number of hydrogen-bond acceptors (Lipinski definition) is 4. The first-order chi connectivity index (χ1) is 12.3. The molecule has 0 bridgehead atoms. The minimum atomic E-state index is -3.51. The molecule has 6 nitrogen and oxygen atoms in total. The highest BCUT2D eigenvalue weighted by Crippen LogP contribution is 2.14. The fraction of sp³-hybridized carbons (Fsp3) is 0.176. The number of rotatable bonds is 6. The van der Waals surface area contributed by atoms with Crippen LogP contribution in [0.3, 0.4) is 0 Å². The lowest BCUT2D eigenvalue weighted by molar-refractivity contribution is 0.0977. The van der Waals surface area contributed by atoms with Gasteiger partial charge in [0.1, 0.15) is 0 Å². The van der Waals surface area contributed by atoms with Crippen molar-refractivity contribution < 1.29 is 13.2 Å². The zero-order valence-corrected chi connectivity index (χ0v) is 17.2. The molecule has 0 radical (unpaired) electrons. The first-order valence-corrected chi connectivity index (χ1v) is 10.5. The molecule has 138 valence electrons. The highest BCUT2D eigenvalue weighted by atomic mass is 79.9. The fourth-order valence-electron chi connectivity index (χ4n) is 2.00. The second-order valence-corrected chi connectivity index (χ2v) is 8.43. The van der Waals surface area contributed by atoms with Crippen LogP contribution in [-0.4, -0.2) is 26.0 Å². The molecule has 0 atom stereocenters. The maximum atomic E-state index is 12.1. The Bertz CT molecular complexity index is 900. The van der Waals surface area contributed by atoms with E-state index in [-0.39, 0.29) is 15.9 Å².